The molecular weight excluding hydrogens is 260 g/mol. The second kappa shape index (κ2) is 5.82. The van der Waals surface area contributed by atoms with Gasteiger partial charge >= 0.3 is 0 Å². The van der Waals surface area contributed by atoms with Crippen molar-refractivity contribution >= 4 is 21.4 Å². The highest BCUT2D eigenvalue weighted by Crippen LogP contribution is 2.32. The van der Waals surface area contributed by atoms with Crippen LogP contribution in [-0.2, 0) is 10.0 Å². The molecule has 0 saturated heterocycles. The molecule has 0 atom stereocenters. The lowest BCUT2D eigenvalue weighted by atomic mass is 10.2. The Hall–Kier alpha value is -1.23. The van der Waals surface area contributed by atoms with Crippen LogP contribution in [0.3, 0.4) is 0 Å². The van der Waals surface area contributed by atoms with E-state index in [9.17, 15) is 8.42 Å². The smallest absolute Gasteiger partial charge is 0.238 e. The van der Waals surface area contributed by atoms with Crippen LogP contribution in [0.2, 0.25) is 0 Å². The standard InChI is InChI=1S/C14H22N2O2S/c1-2-11-16(14-10-6-5-9-13(14)15)19(17,18)12-7-3-4-8-12/h5-6,9-10,12H,2-4,7-8,11,15H2,1H3. The van der Waals surface area contributed by atoms with Crippen LogP contribution in [-0.4, -0.2) is 20.2 Å². The largest absolute Gasteiger partial charge is 0.397 e. The zero-order chi connectivity index (χ0) is 13.9. The van der Waals surface area contributed by atoms with Gasteiger partial charge in [-0.25, -0.2) is 8.42 Å². The predicted molar refractivity (Wildman–Crippen MR) is 79.7 cm³/mol. The number of para-hydroxylation sites is 2. The highest BCUT2D eigenvalue weighted by Gasteiger charge is 2.34. The minimum Gasteiger partial charge on any atom is -0.397 e. The van der Waals surface area contributed by atoms with Crippen molar-refractivity contribution in [2.75, 3.05) is 16.6 Å². The van der Waals surface area contributed by atoms with Crippen LogP contribution < -0.4 is 10.0 Å². The number of anilines is 2. The van der Waals surface area contributed by atoms with E-state index < -0.39 is 10.0 Å². The number of hydrogen-bond donors (Lipinski definition) is 1. The number of nitrogens with zero attached hydrogens (tertiary/aromatic N) is 1. The molecule has 0 unspecified atom stereocenters. The van der Waals surface area contributed by atoms with Crippen LogP contribution in [0.4, 0.5) is 11.4 Å². The Morgan fingerprint density at radius 3 is 2.47 bits per heavy atom. The van der Waals surface area contributed by atoms with Crippen LogP contribution in [0.1, 0.15) is 39.0 Å². The monoisotopic (exact) mass is 282 g/mol. The van der Waals surface area contributed by atoms with E-state index >= 15 is 0 Å². The fourth-order valence-electron chi connectivity index (χ4n) is 2.67. The molecule has 1 aromatic rings. The third-order valence-electron chi connectivity index (χ3n) is 3.66. The van der Waals surface area contributed by atoms with Crippen molar-refractivity contribution in [1.82, 2.24) is 0 Å². The van der Waals surface area contributed by atoms with Crippen molar-refractivity contribution in [3.63, 3.8) is 0 Å². The molecule has 19 heavy (non-hydrogen) atoms. The Kier molecular flexibility index (Phi) is 4.34. The van der Waals surface area contributed by atoms with Gasteiger partial charge in [-0.3, -0.25) is 4.31 Å². The molecule has 1 aromatic carbocycles. The number of nitrogen functional groups attached to an aromatic ring is 1. The van der Waals surface area contributed by atoms with Crippen molar-refractivity contribution in [2.24, 2.45) is 0 Å². The third kappa shape index (κ3) is 2.86. The van der Waals surface area contributed by atoms with E-state index in [1.807, 2.05) is 19.1 Å². The first kappa shape index (κ1) is 14.2. The summed E-state index contributed by atoms with van der Waals surface area (Å²) in [6, 6.07) is 7.20. The maximum Gasteiger partial charge on any atom is 0.238 e. The zero-order valence-corrected chi connectivity index (χ0v) is 12.2. The Labute approximate surface area is 115 Å². The molecule has 1 aliphatic rings. The normalized spacial score (nSPS) is 16.7. The lowest BCUT2D eigenvalue weighted by molar-refractivity contribution is 0.573. The Morgan fingerprint density at radius 2 is 1.89 bits per heavy atom. The summed E-state index contributed by atoms with van der Waals surface area (Å²) >= 11 is 0. The van der Waals surface area contributed by atoms with E-state index in [4.69, 9.17) is 5.73 Å². The van der Waals surface area contributed by atoms with Crippen molar-refractivity contribution in [2.45, 2.75) is 44.3 Å². The number of rotatable bonds is 5. The molecule has 2 rings (SSSR count). The van der Waals surface area contributed by atoms with Crippen LogP contribution >= 0.6 is 0 Å². The summed E-state index contributed by atoms with van der Waals surface area (Å²) in [6.07, 6.45) is 4.34. The van der Waals surface area contributed by atoms with Gasteiger partial charge in [0.15, 0.2) is 0 Å². The molecule has 1 fully saturated rings. The molecule has 0 radical (unpaired) electrons. The molecule has 0 amide bonds. The van der Waals surface area contributed by atoms with E-state index in [1.165, 1.54) is 4.31 Å². The van der Waals surface area contributed by atoms with Gasteiger partial charge in [-0.05, 0) is 31.4 Å². The maximum atomic E-state index is 12.7. The van der Waals surface area contributed by atoms with Crippen LogP contribution in [0.15, 0.2) is 24.3 Å². The Morgan fingerprint density at radius 1 is 1.26 bits per heavy atom. The Balaban J connectivity index is 2.37. The third-order valence-corrected chi connectivity index (χ3v) is 5.97. The van der Waals surface area contributed by atoms with Gasteiger partial charge in [-0.1, -0.05) is 31.9 Å². The van der Waals surface area contributed by atoms with Crippen LogP contribution in [0, 0.1) is 0 Å². The van der Waals surface area contributed by atoms with Gasteiger partial charge < -0.3 is 5.73 Å². The second-order valence-electron chi connectivity index (χ2n) is 5.08. The predicted octanol–water partition coefficient (Wildman–Crippen LogP) is 2.76. The van der Waals surface area contributed by atoms with Gasteiger partial charge in [0.25, 0.3) is 0 Å². The number of hydrogen-bond acceptors (Lipinski definition) is 3. The Bertz CT molecular complexity index is 522. The molecule has 1 saturated carbocycles. The summed E-state index contributed by atoms with van der Waals surface area (Å²) in [5.41, 5.74) is 7.09. The molecule has 5 heteroatoms. The lowest BCUT2D eigenvalue weighted by Gasteiger charge is -2.28. The zero-order valence-electron chi connectivity index (χ0n) is 11.4. The molecule has 0 bridgehead atoms. The van der Waals surface area contributed by atoms with Gasteiger partial charge in [-0.2, -0.15) is 0 Å². The van der Waals surface area contributed by atoms with Gasteiger partial charge in [-0.15, -0.1) is 0 Å². The van der Waals surface area contributed by atoms with Gasteiger partial charge in [0.05, 0.1) is 16.6 Å². The molecule has 106 valence electrons. The molecule has 0 aromatic heterocycles. The summed E-state index contributed by atoms with van der Waals surface area (Å²) in [5.74, 6) is 0. The summed E-state index contributed by atoms with van der Waals surface area (Å²) in [4.78, 5) is 0. The van der Waals surface area contributed by atoms with E-state index in [0.717, 1.165) is 32.1 Å². The first-order valence-corrected chi connectivity index (χ1v) is 8.43. The molecule has 0 spiro atoms. The number of benzene rings is 1. The van der Waals surface area contributed by atoms with Gasteiger partial charge in [0.1, 0.15) is 0 Å². The lowest BCUT2D eigenvalue weighted by Crippen LogP contribution is -2.38. The van der Waals surface area contributed by atoms with Crippen molar-refractivity contribution in [3.05, 3.63) is 24.3 Å². The minimum atomic E-state index is -3.29. The van der Waals surface area contributed by atoms with Gasteiger partial charge in [0, 0.05) is 6.54 Å². The summed E-state index contributed by atoms with van der Waals surface area (Å²) in [6.45, 7) is 2.48. The van der Waals surface area contributed by atoms with E-state index in [2.05, 4.69) is 0 Å². The average Bonchev–Trinajstić information content (AvgIpc) is 2.91. The maximum absolute atomic E-state index is 12.7. The van der Waals surface area contributed by atoms with Gasteiger partial charge in [0.2, 0.25) is 10.0 Å². The van der Waals surface area contributed by atoms with E-state index in [1.54, 1.807) is 12.1 Å². The van der Waals surface area contributed by atoms with E-state index in [-0.39, 0.29) is 5.25 Å². The van der Waals surface area contributed by atoms with E-state index in [0.29, 0.717) is 17.9 Å². The first-order chi connectivity index (χ1) is 9.07. The van der Waals surface area contributed by atoms with Crippen molar-refractivity contribution in [1.29, 1.82) is 0 Å². The van der Waals surface area contributed by atoms with Crippen LogP contribution in [0.5, 0.6) is 0 Å². The topological polar surface area (TPSA) is 63.4 Å². The molecule has 4 nitrogen and oxygen atoms in total. The highest BCUT2D eigenvalue weighted by molar-refractivity contribution is 7.93. The van der Waals surface area contributed by atoms with Crippen molar-refractivity contribution < 1.29 is 8.42 Å². The quantitative estimate of drug-likeness (QED) is 0.845. The molecule has 0 heterocycles. The fourth-order valence-corrected chi connectivity index (χ4v) is 4.84. The number of nitrogens with two attached hydrogens (primary N) is 1. The highest BCUT2D eigenvalue weighted by atomic mass is 32.2. The van der Waals surface area contributed by atoms with Crippen molar-refractivity contribution in [3.8, 4) is 0 Å². The molecule has 2 N–H and O–H groups in total. The average molecular weight is 282 g/mol. The molecule has 0 aliphatic heterocycles. The summed E-state index contributed by atoms with van der Waals surface area (Å²) in [7, 11) is -3.29. The molecular formula is C14H22N2O2S. The fraction of sp³-hybridized carbons (Fsp3) is 0.571. The number of sulfonamides is 1. The summed E-state index contributed by atoms with van der Waals surface area (Å²) in [5, 5.41) is -0.237. The van der Waals surface area contributed by atoms with Crippen LogP contribution in [0.25, 0.3) is 0 Å². The first-order valence-electron chi connectivity index (χ1n) is 6.93. The summed E-state index contributed by atoms with van der Waals surface area (Å²) < 4.78 is 27.0. The second-order valence-corrected chi connectivity index (χ2v) is 7.22. The minimum absolute atomic E-state index is 0.237. The molecule has 1 aliphatic carbocycles. The SMILES string of the molecule is CCCN(c1ccccc1N)S(=O)(=O)C1CCCC1.